The average Bonchev–Trinajstić information content (AvgIpc) is 3.02. The summed E-state index contributed by atoms with van der Waals surface area (Å²) in [5.41, 5.74) is 5.10. The molecule has 1 amide bonds. The highest BCUT2D eigenvalue weighted by Gasteiger charge is 2.24. The second-order valence-corrected chi connectivity index (χ2v) is 6.06. The van der Waals surface area contributed by atoms with E-state index >= 15 is 0 Å². The lowest BCUT2D eigenvalue weighted by molar-refractivity contribution is -0.139. The molecular weight excluding hydrogens is 306 g/mol. The molecule has 1 heterocycles. The van der Waals surface area contributed by atoms with Crippen molar-refractivity contribution in [2.75, 3.05) is 0 Å². The van der Waals surface area contributed by atoms with Gasteiger partial charge in [0.15, 0.2) is 6.04 Å². The number of aliphatic carboxylic acids is 1. The van der Waals surface area contributed by atoms with Crippen LogP contribution in [0.4, 0.5) is 0 Å². The SMILES string of the molecule is Cc1ccc(C(NC(=O)c2ccc3c(c2)COC3)C(=O)O)cc1C. The lowest BCUT2D eigenvalue weighted by Crippen LogP contribution is -2.33. The molecule has 0 saturated heterocycles. The van der Waals surface area contributed by atoms with E-state index in [-0.39, 0.29) is 0 Å². The molecular formula is C19H19NO4. The van der Waals surface area contributed by atoms with Gasteiger partial charge in [-0.25, -0.2) is 4.79 Å². The molecule has 5 heteroatoms. The second kappa shape index (κ2) is 6.45. The van der Waals surface area contributed by atoms with Gasteiger partial charge in [-0.1, -0.05) is 24.3 Å². The van der Waals surface area contributed by atoms with Gasteiger partial charge in [-0.3, -0.25) is 4.79 Å². The Hall–Kier alpha value is -2.66. The molecule has 0 aromatic heterocycles. The molecule has 124 valence electrons. The van der Waals surface area contributed by atoms with Crippen molar-refractivity contribution in [1.82, 2.24) is 5.32 Å². The molecule has 0 saturated carbocycles. The average molecular weight is 325 g/mol. The molecule has 2 aromatic carbocycles. The topological polar surface area (TPSA) is 75.6 Å². The van der Waals surface area contributed by atoms with Crippen molar-refractivity contribution in [2.24, 2.45) is 0 Å². The van der Waals surface area contributed by atoms with Crippen molar-refractivity contribution in [1.29, 1.82) is 0 Å². The van der Waals surface area contributed by atoms with Crippen molar-refractivity contribution in [3.05, 3.63) is 69.8 Å². The molecule has 1 unspecified atom stereocenters. The number of carbonyl (C=O) groups excluding carboxylic acids is 1. The fourth-order valence-electron chi connectivity index (χ4n) is 2.76. The molecule has 0 spiro atoms. The van der Waals surface area contributed by atoms with Crippen LogP contribution in [0.3, 0.4) is 0 Å². The molecule has 0 fully saturated rings. The second-order valence-electron chi connectivity index (χ2n) is 6.06. The van der Waals surface area contributed by atoms with Gasteiger partial charge in [0, 0.05) is 5.56 Å². The standard InChI is InChI=1S/C19H19NO4/c1-11-3-4-13(7-12(11)2)17(19(22)23)20-18(21)14-5-6-15-9-24-10-16(15)8-14/h3-8,17H,9-10H2,1-2H3,(H,20,21)(H,22,23). The predicted octanol–water partition coefficient (Wildman–Crippen LogP) is 2.89. The minimum Gasteiger partial charge on any atom is -0.479 e. The molecule has 0 aliphatic carbocycles. The number of carboxylic acids is 1. The number of hydrogen-bond donors (Lipinski definition) is 2. The summed E-state index contributed by atoms with van der Waals surface area (Å²) in [6.45, 7) is 4.91. The molecule has 0 bridgehead atoms. The Labute approximate surface area is 140 Å². The van der Waals surface area contributed by atoms with Crippen LogP contribution in [0.25, 0.3) is 0 Å². The van der Waals surface area contributed by atoms with Crippen LogP contribution in [0.15, 0.2) is 36.4 Å². The fraction of sp³-hybridized carbons (Fsp3) is 0.263. The van der Waals surface area contributed by atoms with Gasteiger partial charge >= 0.3 is 5.97 Å². The summed E-state index contributed by atoms with van der Waals surface area (Å²) in [5.74, 6) is -1.49. The number of hydrogen-bond acceptors (Lipinski definition) is 3. The van der Waals surface area contributed by atoms with Gasteiger partial charge in [0.2, 0.25) is 0 Å². The third-order valence-electron chi connectivity index (χ3n) is 4.37. The minimum atomic E-state index is -1.09. The van der Waals surface area contributed by atoms with E-state index in [1.54, 1.807) is 24.3 Å². The summed E-state index contributed by atoms with van der Waals surface area (Å²) in [5, 5.41) is 12.1. The maximum absolute atomic E-state index is 12.5. The Kier molecular flexibility index (Phi) is 4.36. The maximum Gasteiger partial charge on any atom is 0.330 e. The number of carboxylic acid groups (broad SMARTS) is 1. The largest absolute Gasteiger partial charge is 0.479 e. The lowest BCUT2D eigenvalue weighted by Gasteiger charge is -2.16. The van der Waals surface area contributed by atoms with Crippen LogP contribution in [0.2, 0.25) is 0 Å². The number of carbonyl (C=O) groups is 2. The molecule has 0 radical (unpaired) electrons. The number of fused-ring (bicyclic) bond motifs is 1. The molecule has 2 N–H and O–H groups in total. The summed E-state index contributed by atoms with van der Waals surface area (Å²) in [4.78, 5) is 24.1. The van der Waals surface area contributed by atoms with Crippen LogP contribution in [-0.4, -0.2) is 17.0 Å². The van der Waals surface area contributed by atoms with Crippen LogP contribution in [0, 0.1) is 13.8 Å². The first-order valence-corrected chi connectivity index (χ1v) is 7.76. The molecule has 24 heavy (non-hydrogen) atoms. The van der Waals surface area contributed by atoms with Crippen molar-refractivity contribution in [3.63, 3.8) is 0 Å². The van der Waals surface area contributed by atoms with Gasteiger partial charge in [-0.05, 0) is 53.8 Å². The van der Waals surface area contributed by atoms with Crippen molar-refractivity contribution in [3.8, 4) is 0 Å². The lowest BCUT2D eigenvalue weighted by atomic mass is 10.0. The minimum absolute atomic E-state index is 0.407. The van der Waals surface area contributed by atoms with Crippen molar-refractivity contribution < 1.29 is 19.4 Å². The van der Waals surface area contributed by atoms with Crippen molar-refractivity contribution >= 4 is 11.9 Å². The molecule has 3 rings (SSSR count). The Bertz CT molecular complexity index is 813. The first-order valence-electron chi connectivity index (χ1n) is 7.76. The van der Waals surface area contributed by atoms with E-state index in [1.807, 2.05) is 26.0 Å². The predicted molar refractivity (Wildman–Crippen MR) is 88.7 cm³/mol. The maximum atomic E-state index is 12.5. The Morgan fingerprint density at radius 1 is 1.04 bits per heavy atom. The first-order chi connectivity index (χ1) is 11.5. The zero-order valence-corrected chi connectivity index (χ0v) is 13.6. The van der Waals surface area contributed by atoms with E-state index in [2.05, 4.69) is 5.32 Å². The molecule has 1 aliphatic heterocycles. The van der Waals surface area contributed by atoms with Crippen molar-refractivity contribution in [2.45, 2.75) is 33.1 Å². The molecule has 1 aliphatic rings. The zero-order chi connectivity index (χ0) is 17.3. The van der Waals surface area contributed by atoms with Crippen LogP contribution in [-0.2, 0) is 22.7 Å². The Morgan fingerprint density at radius 3 is 2.50 bits per heavy atom. The summed E-state index contributed by atoms with van der Waals surface area (Å²) >= 11 is 0. The molecule has 2 aromatic rings. The van der Waals surface area contributed by atoms with E-state index in [1.165, 1.54) is 0 Å². The number of amides is 1. The van der Waals surface area contributed by atoms with Crippen LogP contribution >= 0.6 is 0 Å². The van der Waals surface area contributed by atoms with Crippen LogP contribution in [0.5, 0.6) is 0 Å². The van der Waals surface area contributed by atoms with E-state index in [9.17, 15) is 14.7 Å². The number of aryl methyl sites for hydroxylation is 2. The molecule has 1 atom stereocenters. The smallest absolute Gasteiger partial charge is 0.330 e. The summed E-state index contributed by atoms with van der Waals surface area (Å²) in [6.07, 6.45) is 0. The van der Waals surface area contributed by atoms with E-state index in [4.69, 9.17) is 4.74 Å². The zero-order valence-electron chi connectivity index (χ0n) is 13.6. The quantitative estimate of drug-likeness (QED) is 0.906. The Morgan fingerprint density at radius 2 is 1.79 bits per heavy atom. The molecule has 5 nitrogen and oxygen atoms in total. The number of rotatable bonds is 4. The highest BCUT2D eigenvalue weighted by Crippen LogP contribution is 2.22. The van der Waals surface area contributed by atoms with Crippen LogP contribution < -0.4 is 5.32 Å². The summed E-state index contributed by atoms with van der Waals surface area (Å²) in [6, 6.07) is 9.62. The van der Waals surface area contributed by atoms with Gasteiger partial charge in [0.1, 0.15) is 0 Å². The monoisotopic (exact) mass is 325 g/mol. The van der Waals surface area contributed by atoms with Gasteiger partial charge in [-0.15, -0.1) is 0 Å². The third kappa shape index (κ3) is 3.16. The van der Waals surface area contributed by atoms with E-state index in [0.717, 1.165) is 22.3 Å². The summed E-state index contributed by atoms with van der Waals surface area (Å²) in [7, 11) is 0. The highest BCUT2D eigenvalue weighted by atomic mass is 16.5. The number of nitrogens with one attached hydrogen (secondary N) is 1. The van der Waals surface area contributed by atoms with E-state index < -0.39 is 17.9 Å². The van der Waals surface area contributed by atoms with E-state index in [0.29, 0.717) is 24.3 Å². The fourth-order valence-corrected chi connectivity index (χ4v) is 2.76. The van der Waals surface area contributed by atoms with Gasteiger partial charge < -0.3 is 15.2 Å². The number of ether oxygens (including phenoxy) is 1. The van der Waals surface area contributed by atoms with Crippen LogP contribution in [0.1, 0.15) is 44.2 Å². The summed E-state index contributed by atoms with van der Waals surface area (Å²) < 4.78 is 5.34. The normalized spacial score (nSPS) is 14.1. The van der Waals surface area contributed by atoms with Gasteiger partial charge in [0.25, 0.3) is 5.91 Å². The highest BCUT2D eigenvalue weighted by molar-refractivity contribution is 5.97. The number of benzene rings is 2. The van der Waals surface area contributed by atoms with Gasteiger partial charge in [-0.2, -0.15) is 0 Å². The first kappa shape index (κ1) is 16.2. The Balaban J connectivity index is 1.84. The third-order valence-corrected chi connectivity index (χ3v) is 4.37. The van der Waals surface area contributed by atoms with Gasteiger partial charge in [0.05, 0.1) is 13.2 Å².